The summed E-state index contributed by atoms with van der Waals surface area (Å²) in [5.74, 6) is -0.292. The Balaban J connectivity index is 2.02. The lowest BCUT2D eigenvalue weighted by Gasteiger charge is -2.32. The third-order valence-corrected chi connectivity index (χ3v) is 4.98. The zero-order valence-electron chi connectivity index (χ0n) is 15.1. The van der Waals surface area contributed by atoms with Crippen LogP contribution in [0.4, 0.5) is 0 Å². The minimum absolute atomic E-state index is 0.292. The molecule has 2 aromatic rings. The van der Waals surface area contributed by atoms with Crippen molar-refractivity contribution in [1.29, 1.82) is 0 Å². The average Bonchev–Trinajstić information content (AvgIpc) is 2.99. The summed E-state index contributed by atoms with van der Waals surface area (Å²) in [7, 11) is 1.44. The van der Waals surface area contributed by atoms with Crippen molar-refractivity contribution in [3.8, 4) is 0 Å². The number of carbonyl (C=O) groups excluding carboxylic acids is 1. The number of methoxy groups -OCH3 is 1. The lowest BCUT2D eigenvalue weighted by atomic mass is 9.70. The Kier molecular flexibility index (Phi) is 4.47. The largest absolute Gasteiger partial charge is 0.468 e. The quantitative estimate of drug-likeness (QED) is 0.712. The molecule has 0 aliphatic heterocycles. The second kappa shape index (κ2) is 7.08. The van der Waals surface area contributed by atoms with Gasteiger partial charge in [-0.3, -0.25) is 4.79 Å². The van der Waals surface area contributed by atoms with Crippen LogP contribution in [-0.2, 0) is 14.9 Å². The molecule has 1 unspecified atom stereocenters. The maximum atomic E-state index is 13.1. The molecule has 0 amide bonds. The molecule has 1 atom stereocenters. The highest BCUT2D eigenvalue weighted by molar-refractivity contribution is 5.98. The Morgan fingerprint density at radius 3 is 2.22 bits per heavy atom. The van der Waals surface area contributed by atoms with Crippen molar-refractivity contribution in [2.75, 3.05) is 7.11 Å². The molecule has 132 valence electrons. The second-order valence-electron chi connectivity index (χ2n) is 6.57. The van der Waals surface area contributed by atoms with E-state index in [0.717, 1.165) is 27.8 Å². The Labute approximate surface area is 159 Å². The molecule has 0 saturated carbocycles. The fraction of sp³-hybridized carbons (Fsp3) is 0.0800. The van der Waals surface area contributed by atoms with Crippen molar-refractivity contribution in [3.05, 3.63) is 125 Å². The average molecular weight is 352 g/mol. The summed E-state index contributed by atoms with van der Waals surface area (Å²) in [6, 6.07) is 20.0. The van der Waals surface area contributed by atoms with Gasteiger partial charge in [-0.05, 0) is 27.8 Å². The molecule has 2 aliphatic carbocycles. The van der Waals surface area contributed by atoms with Crippen LogP contribution in [0.3, 0.4) is 0 Å². The SMILES string of the molecule is COC(=O)C1(c2ccccc2)C=C2C=CC=CC=C2C(c2ccccc2)=C1. The Bertz CT molecular complexity index is 1000. The first-order chi connectivity index (χ1) is 13.2. The summed E-state index contributed by atoms with van der Waals surface area (Å²) in [5.41, 5.74) is 4.13. The Morgan fingerprint density at radius 2 is 1.52 bits per heavy atom. The number of ether oxygens (including phenoxy) is 1. The van der Waals surface area contributed by atoms with E-state index >= 15 is 0 Å². The fourth-order valence-electron chi connectivity index (χ4n) is 3.67. The van der Waals surface area contributed by atoms with Crippen molar-refractivity contribution in [2.24, 2.45) is 0 Å². The Hall–Kier alpha value is -3.39. The van der Waals surface area contributed by atoms with E-state index in [9.17, 15) is 4.79 Å². The summed E-state index contributed by atoms with van der Waals surface area (Å²) in [5, 5.41) is 0. The van der Waals surface area contributed by atoms with E-state index in [-0.39, 0.29) is 5.97 Å². The molecule has 0 fully saturated rings. The number of hydrogen-bond donors (Lipinski definition) is 0. The van der Waals surface area contributed by atoms with Gasteiger partial charge in [-0.15, -0.1) is 0 Å². The molecule has 0 aromatic heterocycles. The van der Waals surface area contributed by atoms with Crippen molar-refractivity contribution >= 4 is 11.5 Å². The molecule has 0 heterocycles. The third kappa shape index (κ3) is 3.00. The zero-order valence-corrected chi connectivity index (χ0v) is 15.1. The van der Waals surface area contributed by atoms with Gasteiger partial charge >= 0.3 is 5.97 Å². The number of carbonyl (C=O) groups is 1. The number of benzene rings is 2. The van der Waals surface area contributed by atoms with E-state index in [2.05, 4.69) is 18.2 Å². The van der Waals surface area contributed by atoms with Gasteiger partial charge in [0.2, 0.25) is 0 Å². The van der Waals surface area contributed by atoms with Crippen LogP contribution < -0.4 is 0 Å². The predicted octanol–water partition coefficient (Wildman–Crippen LogP) is 5.17. The van der Waals surface area contributed by atoms with Crippen LogP contribution in [-0.4, -0.2) is 13.1 Å². The van der Waals surface area contributed by atoms with Gasteiger partial charge in [-0.25, -0.2) is 0 Å². The van der Waals surface area contributed by atoms with Crippen LogP contribution in [0, 0.1) is 0 Å². The zero-order chi connectivity index (χ0) is 18.7. The fourth-order valence-corrected chi connectivity index (χ4v) is 3.67. The van der Waals surface area contributed by atoms with Gasteiger partial charge in [0.15, 0.2) is 0 Å². The molecule has 27 heavy (non-hydrogen) atoms. The highest BCUT2D eigenvalue weighted by Crippen LogP contribution is 2.43. The lowest BCUT2D eigenvalue weighted by Crippen LogP contribution is -2.35. The van der Waals surface area contributed by atoms with E-state index in [0.29, 0.717) is 0 Å². The first-order valence-electron chi connectivity index (χ1n) is 8.95. The highest BCUT2D eigenvalue weighted by atomic mass is 16.5. The molecule has 2 nitrogen and oxygen atoms in total. The second-order valence-corrected chi connectivity index (χ2v) is 6.57. The van der Waals surface area contributed by atoms with Crippen LogP contribution in [0.25, 0.3) is 5.57 Å². The van der Waals surface area contributed by atoms with Crippen molar-refractivity contribution in [3.63, 3.8) is 0 Å². The first kappa shape index (κ1) is 17.0. The number of fused-ring (bicyclic) bond motifs is 1. The van der Waals surface area contributed by atoms with E-state index in [1.165, 1.54) is 7.11 Å². The molecule has 0 radical (unpaired) electrons. The first-order valence-corrected chi connectivity index (χ1v) is 8.95. The normalized spacial score (nSPS) is 20.7. The highest BCUT2D eigenvalue weighted by Gasteiger charge is 2.41. The maximum Gasteiger partial charge on any atom is 0.324 e. The standard InChI is InChI=1S/C25H20O2/c1-27-24(26)25(21-14-8-4-9-15-21)17-20-13-7-3-10-16-22(20)23(18-25)19-11-5-2-6-12-19/h2-18H,1H3. The minimum Gasteiger partial charge on any atom is -0.468 e. The molecule has 2 aliphatic rings. The smallest absolute Gasteiger partial charge is 0.324 e. The van der Waals surface area contributed by atoms with Gasteiger partial charge in [0.1, 0.15) is 5.41 Å². The number of hydrogen-bond acceptors (Lipinski definition) is 2. The van der Waals surface area contributed by atoms with Gasteiger partial charge in [0.25, 0.3) is 0 Å². The molecule has 0 saturated heterocycles. The molecule has 0 bridgehead atoms. The van der Waals surface area contributed by atoms with E-state index < -0.39 is 5.41 Å². The van der Waals surface area contributed by atoms with Crippen LogP contribution in [0.2, 0.25) is 0 Å². The molecule has 2 heteroatoms. The van der Waals surface area contributed by atoms with E-state index in [4.69, 9.17) is 4.74 Å². The summed E-state index contributed by atoms with van der Waals surface area (Å²) in [6.07, 6.45) is 14.2. The molecule has 4 rings (SSSR count). The minimum atomic E-state index is -0.970. The topological polar surface area (TPSA) is 26.3 Å². The number of allylic oxidation sites excluding steroid dienone is 8. The van der Waals surface area contributed by atoms with Crippen molar-refractivity contribution in [1.82, 2.24) is 0 Å². The summed E-state index contributed by atoms with van der Waals surface area (Å²) in [4.78, 5) is 13.1. The van der Waals surface area contributed by atoms with Gasteiger partial charge in [0.05, 0.1) is 7.11 Å². The Morgan fingerprint density at radius 1 is 0.815 bits per heavy atom. The summed E-state index contributed by atoms with van der Waals surface area (Å²) < 4.78 is 5.26. The van der Waals surface area contributed by atoms with Gasteiger partial charge < -0.3 is 4.74 Å². The van der Waals surface area contributed by atoms with Crippen LogP contribution >= 0.6 is 0 Å². The monoisotopic (exact) mass is 352 g/mol. The van der Waals surface area contributed by atoms with E-state index in [1.54, 1.807) is 0 Å². The van der Waals surface area contributed by atoms with Crippen LogP contribution in [0.5, 0.6) is 0 Å². The molecular weight excluding hydrogens is 332 g/mol. The lowest BCUT2D eigenvalue weighted by molar-refractivity contribution is -0.143. The van der Waals surface area contributed by atoms with Gasteiger partial charge in [-0.1, -0.05) is 103 Å². The third-order valence-electron chi connectivity index (χ3n) is 4.98. The summed E-state index contributed by atoms with van der Waals surface area (Å²) in [6.45, 7) is 0. The molecule has 0 spiro atoms. The summed E-state index contributed by atoms with van der Waals surface area (Å²) >= 11 is 0. The van der Waals surface area contributed by atoms with Crippen LogP contribution in [0.1, 0.15) is 11.1 Å². The van der Waals surface area contributed by atoms with Gasteiger partial charge in [-0.2, -0.15) is 0 Å². The molecular formula is C25H20O2. The van der Waals surface area contributed by atoms with Crippen molar-refractivity contribution < 1.29 is 9.53 Å². The van der Waals surface area contributed by atoms with Crippen LogP contribution in [0.15, 0.2) is 114 Å². The van der Waals surface area contributed by atoms with E-state index in [1.807, 2.05) is 85.0 Å². The predicted molar refractivity (Wildman–Crippen MR) is 109 cm³/mol. The maximum absolute atomic E-state index is 13.1. The molecule has 0 N–H and O–H groups in total. The van der Waals surface area contributed by atoms with Crippen molar-refractivity contribution in [2.45, 2.75) is 5.41 Å². The number of rotatable bonds is 3. The number of esters is 1. The van der Waals surface area contributed by atoms with Gasteiger partial charge in [0, 0.05) is 0 Å². The molecule has 2 aromatic carbocycles.